The second kappa shape index (κ2) is 5.95. The Morgan fingerprint density at radius 2 is 1.41 bits per heavy atom. The van der Waals surface area contributed by atoms with E-state index in [4.69, 9.17) is 9.47 Å². The van der Waals surface area contributed by atoms with Gasteiger partial charge >= 0.3 is 0 Å². The largest absolute Gasteiger partial charge is 0.493 e. The van der Waals surface area contributed by atoms with Gasteiger partial charge in [-0.1, -0.05) is 34.6 Å². The average Bonchev–Trinajstić information content (AvgIpc) is 2.24. The van der Waals surface area contributed by atoms with Gasteiger partial charge in [-0.05, 0) is 35.6 Å². The predicted octanol–water partition coefficient (Wildman–Crippen LogP) is 4.15. The van der Waals surface area contributed by atoms with Crippen molar-refractivity contribution in [1.82, 2.24) is 0 Å². The first kappa shape index (κ1) is 13.9. The summed E-state index contributed by atoms with van der Waals surface area (Å²) in [7, 11) is 0. The number of ether oxygens (including phenoxy) is 2. The summed E-state index contributed by atoms with van der Waals surface area (Å²) in [5, 5.41) is 0. The Morgan fingerprint density at radius 3 is 1.82 bits per heavy atom. The van der Waals surface area contributed by atoms with Crippen molar-refractivity contribution in [2.45, 2.75) is 34.6 Å². The molecule has 2 heteroatoms. The maximum absolute atomic E-state index is 5.70. The van der Waals surface area contributed by atoms with E-state index in [0.29, 0.717) is 5.92 Å². The van der Waals surface area contributed by atoms with Gasteiger partial charge in [0.25, 0.3) is 0 Å². The van der Waals surface area contributed by atoms with Gasteiger partial charge < -0.3 is 9.47 Å². The third-order valence-corrected chi connectivity index (χ3v) is 2.08. The van der Waals surface area contributed by atoms with Crippen LogP contribution in [-0.2, 0) is 0 Å². The van der Waals surface area contributed by atoms with Gasteiger partial charge in [0.1, 0.15) is 11.5 Å². The SMILES string of the molecule is CC(C)COc1ccc(OCC(C)(C)C)cc1. The molecule has 0 saturated carbocycles. The van der Waals surface area contributed by atoms with Crippen LogP contribution in [0.4, 0.5) is 0 Å². The molecule has 0 aliphatic rings. The van der Waals surface area contributed by atoms with Crippen LogP contribution < -0.4 is 9.47 Å². The number of hydrogen-bond acceptors (Lipinski definition) is 2. The first-order chi connectivity index (χ1) is 7.87. The Balaban J connectivity index is 2.45. The van der Waals surface area contributed by atoms with E-state index in [1.54, 1.807) is 0 Å². The molecule has 0 fully saturated rings. The summed E-state index contributed by atoms with van der Waals surface area (Å²) < 4.78 is 11.3. The minimum absolute atomic E-state index is 0.187. The minimum atomic E-state index is 0.187. The summed E-state index contributed by atoms with van der Waals surface area (Å²) in [5.74, 6) is 2.35. The van der Waals surface area contributed by atoms with Crippen LogP contribution >= 0.6 is 0 Å². The van der Waals surface area contributed by atoms with Crippen LogP contribution in [-0.4, -0.2) is 13.2 Å². The monoisotopic (exact) mass is 236 g/mol. The second-order valence-electron chi connectivity index (χ2n) is 6.03. The summed E-state index contributed by atoms with van der Waals surface area (Å²) in [6.45, 7) is 12.2. The summed E-state index contributed by atoms with van der Waals surface area (Å²) >= 11 is 0. The molecule has 0 bridgehead atoms. The van der Waals surface area contributed by atoms with E-state index in [9.17, 15) is 0 Å². The molecule has 1 aromatic rings. The van der Waals surface area contributed by atoms with Gasteiger partial charge in [-0.3, -0.25) is 0 Å². The minimum Gasteiger partial charge on any atom is -0.493 e. The van der Waals surface area contributed by atoms with Crippen molar-refractivity contribution in [3.63, 3.8) is 0 Å². The maximum Gasteiger partial charge on any atom is 0.119 e. The lowest BCUT2D eigenvalue weighted by molar-refractivity contribution is 0.197. The van der Waals surface area contributed by atoms with E-state index in [1.807, 2.05) is 24.3 Å². The van der Waals surface area contributed by atoms with Crippen LogP contribution in [0.25, 0.3) is 0 Å². The Morgan fingerprint density at radius 1 is 0.941 bits per heavy atom. The normalized spacial score (nSPS) is 11.6. The highest BCUT2D eigenvalue weighted by atomic mass is 16.5. The third kappa shape index (κ3) is 6.20. The van der Waals surface area contributed by atoms with Crippen molar-refractivity contribution in [2.75, 3.05) is 13.2 Å². The quantitative estimate of drug-likeness (QED) is 0.764. The van der Waals surface area contributed by atoms with Gasteiger partial charge in [-0.2, -0.15) is 0 Å². The first-order valence-electron chi connectivity index (χ1n) is 6.22. The van der Waals surface area contributed by atoms with Crippen LogP contribution in [0.5, 0.6) is 11.5 Å². The third-order valence-electron chi connectivity index (χ3n) is 2.08. The molecule has 0 heterocycles. The second-order valence-corrected chi connectivity index (χ2v) is 6.03. The molecular formula is C15H24O2. The molecule has 2 nitrogen and oxygen atoms in total. The molecule has 0 radical (unpaired) electrons. The van der Waals surface area contributed by atoms with Crippen LogP contribution in [0.2, 0.25) is 0 Å². The lowest BCUT2D eigenvalue weighted by Gasteiger charge is -2.19. The van der Waals surface area contributed by atoms with E-state index in [0.717, 1.165) is 24.7 Å². The van der Waals surface area contributed by atoms with Crippen molar-refractivity contribution in [1.29, 1.82) is 0 Å². The van der Waals surface area contributed by atoms with E-state index >= 15 is 0 Å². The van der Waals surface area contributed by atoms with Crippen molar-refractivity contribution in [2.24, 2.45) is 11.3 Å². The molecular weight excluding hydrogens is 212 g/mol. The standard InChI is InChI=1S/C15H24O2/c1-12(2)10-16-13-6-8-14(9-7-13)17-11-15(3,4)5/h6-9,12H,10-11H2,1-5H3. The topological polar surface area (TPSA) is 18.5 Å². The molecule has 0 unspecified atom stereocenters. The van der Waals surface area contributed by atoms with E-state index in [1.165, 1.54) is 0 Å². The highest BCUT2D eigenvalue weighted by Crippen LogP contribution is 2.21. The van der Waals surface area contributed by atoms with Crippen LogP contribution in [0.1, 0.15) is 34.6 Å². The fourth-order valence-corrected chi connectivity index (χ4v) is 1.19. The molecule has 96 valence electrons. The Bertz CT molecular complexity index is 320. The smallest absolute Gasteiger partial charge is 0.119 e. The van der Waals surface area contributed by atoms with Crippen molar-refractivity contribution >= 4 is 0 Å². The Kier molecular flexibility index (Phi) is 4.86. The first-order valence-corrected chi connectivity index (χ1v) is 6.22. The maximum atomic E-state index is 5.70. The van der Waals surface area contributed by atoms with Crippen molar-refractivity contribution in [3.8, 4) is 11.5 Å². The van der Waals surface area contributed by atoms with Gasteiger partial charge in [0, 0.05) is 0 Å². The van der Waals surface area contributed by atoms with Gasteiger partial charge in [0.15, 0.2) is 0 Å². The molecule has 0 N–H and O–H groups in total. The zero-order valence-corrected chi connectivity index (χ0v) is 11.6. The molecule has 17 heavy (non-hydrogen) atoms. The molecule has 0 aliphatic carbocycles. The molecule has 0 amide bonds. The van der Waals surface area contributed by atoms with Crippen LogP contribution in [0, 0.1) is 11.3 Å². The van der Waals surface area contributed by atoms with E-state index < -0.39 is 0 Å². The summed E-state index contributed by atoms with van der Waals surface area (Å²) in [6, 6.07) is 7.84. The fraction of sp³-hybridized carbons (Fsp3) is 0.600. The van der Waals surface area contributed by atoms with Crippen molar-refractivity contribution < 1.29 is 9.47 Å². The predicted molar refractivity (Wildman–Crippen MR) is 71.7 cm³/mol. The zero-order chi connectivity index (χ0) is 12.9. The average molecular weight is 236 g/mol. The number of rotatable bonds is 5. The fourth-order valence-electron chi connectivity index (χ4n) is 1.19. The summed E-state index contributed by atoms with van der Waals surface area (Å²) in [6.07, 6.45) is 0. The van der Waals surface area contributed by atoms with E-state index in [2.05, 4.69) is 34.6 Å². The van der Waals surface area contributed by atoms with Gasteiger partial charge in [-0.15, -0.1) is 0 Å². The lowest BCUT2D eigenvalue weighted by atomic mass is 9.99. The molecule has 0 atom stereocenters. The number of hydrogen-bond donors (Lipinski definition) is 0. The zero-order valence-electron chi connectivity index (χ0n) is 11.6. The van der Waals surface area contributed by atoms with E-state index in [-0.39, 0.29) is 5.41 Å². The van der Waals surface area contributed by atoms with Crippen LogP contribution in [0.3, 0.4) is 0 Å². The summed E-state index contributed by atoms with van der Waals surface area (Å²) in [5.41, 5.74) is 0.187. The molecule has 1 rings (SSSR count). The summed E-state index contributed by atoms with van der Waals surface area (Å²) in [4.78, 5) is 0. The van der Waals surface area contributed by atoms with Crippen molar-refractivity contribution in [3.05, 3.63) is 24.3 Å². The molecule has 0 saturated heterocycles. The Hall–Kier alpha value is -1.18. The Labute approximate surface area is 105 Å². The van der Waals surface area contributed by atoms with Gasteiger partial charge in [-0.25, -0.2) is 0 Å². The molecule has 0 aromatic heterocycles. The highest BCUT2D eigenvalue weighted by Gasteiger charge is 2.10. The van der Waals surface area contributed by atoms with Crippen LogP contribution in [0.15, 0.2) is 24.3 Å². The highest BCUT2D eigenvalue weighted by molar-refractivity contribution is 5.31. The van der Waals surface area contributed by atoms with Gasteiger partial charge in [0.2, 0.25) is 0 Å². The number of benzene rings is 1. The lowest BCUT2D eigenvalue weighted by Crippen LogP contribution is -2.16. The molecule has 0 spiro atoms. The molecule has 1 aromatic carbocycles. The molecule has 0 aliphatic heterocycles. The van der Waals surface area contributed by atoms with Gasteiger partial charge in [0.05, 0.1) is 13.2 Å².